The number of nitrogens with zero attached hydrogens (tertiary/aromatic N) is 3. The maximum Gasteiger partial charge on any atom is 0.306 e. The van der Waals surface area contributed by atoms with Crippen molar-refractivity contribution < 1.29 is 9.90 Å². The zero-order chi connectivity index (χ0) is 14.1. The second-order valence-electron chi connectivity index (χ2n) is 5.84. The Kier molecular flexibility index (Phi) is 3.59. The van der Waals surface area contributed by atoms with Gasteiger partial charge in [0.05, 0.1) is 5.92 Å². The molecule has 5 heteroatoms. The quantitative estimate of drug-likeness (QED) is 0.893. The van der Waals surface area contributed by atoms with Crippen molar-refractivity contribution in [3.05, 3.63) is 17.0 Å². The Morgan fingerprint density at radius 2 is 1.90 bits per heavy atom. The van der Waals surface area contributed by atoms with Crippen molar-refractivity contribution in [1.82, 2.24) is 9.97 Å². The van der Waals surface area contributed by atoms with Crippen LogP contribution in [0.3, 0.4) is 0 Å². The number of carboxylic acid groups (broad SMARTS) is 1. The summed E-state index contributed by atoms with van der Waals surface area (Å²) in [6.45, 7) is 3.56. The average Bonchev–Trinajstić information content (AvgIpc) is 2.47. The highest BCUT2D eigenvalue weighted by Crippen LogP contribution is 2.26. The maximum atomic E-state index is 11.0. The van der Waals surface area contributed by atoms with Crippen molar-refractivity contribution in [3.63, 3.8) is 0 Å². The van der Waals surface area contributed by atoms with Gasteiger partial charge in [-0.25, -0.2) is 9.97 Å². The highest BCUT2D eigenvalue weighted by molar-refractivity contribution is 5.70. The summed E-state index contributed by atoms with van der Waals surface area (Å²) in [6.07, 6.45) is 5.98. The summed E-state index contributed by atoms with van der Waals surface area (Å²) in [6, 6.07) is 0. The second-order valence-corrected chi connectivity index (χ2v) is 5.84. The van der Waals surface area contributed by atoms with E-state index >= 15 is 0 Å². The van der Waals surface area contributed by atoms with Crippen LogP contribution in [0.5, 0.6) is 0 Å². The van der Waals surface area contributed by atoms with Crippen molar-refractivity contribution >= 4 is 11.9 Å². The zero-order valence-electron chi connectivity index (χ0n) is 11.9. The van der Waals surface area contributed by atoms with Crippen LogP contribution in [0.2, 0.25) is 0 Å². The SMILES string of the molecule is Cc1nc(N2CCC(C(=O)O)CC2)nc2c1CCCC2. The number of hydrogen-bond acceptors (Lipinski definition) is 4. The predicted molar refractivity (Wildman–Crippen MR) is 76.0 cm³/mol. The third-order valence-corrected chi connectivity index (χ3v) is 4.51. The van der Waals surface area contributed by atoms with Gasteiger partial charge < -0.3 is 10.0 Å². The highest BCUT2D eigenvalue weighted by Gasteiger charge is 2.26. The fourth-order valence-corrected chi connectivity index (χ4v) is 3.23. The van der Waals surface area contributed by atoms with Crippen LogP contribution in [0.25, 0.3) is 0 Å². The van der Waals surface area contributed by atoms with E-state index < -0.39 is 5.97 Å². The predicted octanol–water partition coefficient (Wildman–Crippen LogP) is 1.96. The number of aromatic nitrogens is 2. The number of rotatable bonds is 2. The van der Waals surface area contributed by atoms with E-state index in [4.69, 9.17) is 10.1 Å². The Bertz CT molecular complexity index is 522. The smallest absolute Gasteiger partial charge is 0.306 e. The van der Waals surface area contributed by atoms with E-state index in [9.17, 15) is 4.79 Å². The number of carbonyl (C=O) groups is 1. The summed E-state index contributed by atoms with van der Waals surface area (Å²) in [4.78, 5) is 22.5. The van der Waals surface area contributed by atoms with Gasteiger partial charge in [-0.2, -0.15) is 0 Å². The summed E-state index contributed by atoms with van der Waals surface area (Å²) < 4.78 is 0. The van der Waals surface area contributed by atoms with Crippen molar-refractivity contribution in [1.29, 1.82) is 0 Å². The Hall–Kier alpha value is -1.65. The van der Waals surface area contributed by atoms with Gasteiger partial charge in [-0.1, -0.05) is 0 Å². The van der Waals surface area contributed by atoms with Gasteiger partial charge in [-0.05, 0) is 51.0 Å². The van der Waals surface area contributed by atoms with Gasteiger partial charge in [0.2, 0.25) is 5.95 Å². The van der Waals surface area contributed by atoms with Crippen molar-refractivity contribution in [2.45, 2.75) is 45.4 Å². The zero-order valence-corrected chi connectivity index (χ0v) is 11.9. The first kappa shape index (κ1) is 13.3. The van der Waals surface area contributed by atoms with Crippen LogP contribution in [0, 0.1) is 12.8 Å². The molecular weight excluding hydrogens is 254 g/mol. The molecule has 1 N–H and O–H groups in total. The normalized spacial score (nSPS) is 19.8. The lowest BCUT2D eigenvalue weighted by Gasteiger charge is -2.31. The fourth-order valence-electron chi connectivity index (χ4n) is 3.23. The highest BCUT2D eigenvalue weighted by atomic mass is 16.4. The van der Waals surface area contributed by atoms with Gasteiger partial charge in [0.15, 0.2) is 0 Å². The van der Waals surface area contributed by atoms with Gasteiger partial charge in [0, 0.05) is 24.5 Å². The summed E-state index contributed by atoms with van der Waals surface area (Å²) in [7, 11) is 0. The first-order valence-corrected chi connectivity index (χ1v) is 7.49. The Morgan fingerprint density at radius 1 is 1.20 bits per heavy atom. The molecule has 3 rings (SSSR count). The molecule has 108 valence electrons. The number of carboxylic acids is 1. The van der Waals surface area contributed by atoms with E-state index in [0.717, 1.165) is 37.6 Å². The van der Waals surface area contributed by atoms with Gasteiger partial charge in [-0.3, -0.25) is 4.79 Å². The largest absolute Gasteiger partial charge is 0.481 e. The van der Waals surface area contributed by atoms with Crippen molar-refractivity contribution in [3.8, 4) is 0 Å². The molecule has 1 aliphatic carbocycles. The summed E-state index contributed by atoms with van der Waals surface area (Å²) in [5, 5.41) is 9.05. The van der Waals surface area contributed by atoms with Gasteiger partial charge >= 0.3 is 5.97 Å². The molecule has 0 aromatic carbocycles. The van der Waals surface area contributed by atoms with Crippen LogP contribution in [-0.4, -0.2) is 34.1 Å². The number of fused-ring (bicyclic) bond motifs is 1. The minimum atomic E-state index is -0.674. The molecule has 1 aromatic rings. The number of hydrogen-bond donors (Lipinski definition) is 1. The van der Waals surface area contributed by atoms with E-state index in [0.29, 0.717) is 12.8 Å². The van der Waals surface area contributed by atoms with Gasteiger partial charge in [0.25, 0.3) is 0 Å². The van der Waals surface area contributed by atoms with Crippen LogP contribution in [0.15, 0.2) is 0 Å². The Morgan fingerprint density at radius 3 is 2.60 bits per heavy atom. The minimum Gasteiger partial charge on any atom is -0.481 e. The van der Waals surface area contributed by atoms with Crippen LogP contribution >= 0.6 is 0 Å². The van der Waals surface area contributed by atoms with Crippen molar-refractivity contribution in [2.75, 3.05) is 18.0 Å². The molecule has 0 saturated carbocycles. The fraction of sp³-hybridized carbons (Fsp3) is 0.667. The first-order chi connectivity index (χ1) is 9.65. The molecule has 0 amide bonds. The summed E-state index contributed by atoms with van der Waals surface area (Å²) >= 11 is 0. The topological polar surface area (TPSA) is 66.3 Å². The van der Waals surface area contributed by atoms with Crippen LogP contribution in [-0.2, 0) is 17.6 Å². The third-order valence-electron chi connectivity index (χ3n) is 4.51. The van der Waals surface area contributed by atoms with Crippen LogP contribution < -0.4 is 4.90 Å². The number of piperidine rings is 1. The molecule has 2 aliphatic rings. The van der Waals surface area contributed by atoms with E-state index in [1.54, 1.807) is 0 Å². The van der Waals surface area contributed by atoms with Crippen LogP contribution in [0.4, 0.5) is 5.95 Å². The lowest BCUT2D eigenvalue weighted by molar-refractivity contribution is -0.142. The monoisotopic (exact) mass is 275 g/mol. The molecule has 1 aliphatic heterocycles. The lowest BCUT2D eigenvalue weighted by atomic mass is 9.95. The molecule has 0 bridgehead atoms. The number of aryl methyl sites for hydroxylation is 2. The minimum absolute atomic E-state index is 0.204. The first-order valence-electron chi connectivity index (χ1n) is 7.49. The van der Waals surface area contributed by atoms with E-state index in [-0.39, 0.29) is 5.92 Å². The van der Waals surface area contributed by atoms with E-state index in [1.165, 1.54) is 24.1 Å². The standard InChI is InChI=1S/C15H21N3O2/c1-10-12-4-2-3-5-13(12)17-15(16-10)18-8-6-11(7-9-18)14(19)20/h11H,2-9H2,1H3,(H,19,20). The molecule has 2 heterocycles. The second kappa shape index (κ2) is 5.38. The molecule has 1 fully saturated rings. The molecule has 20 heavy (non-hydrogen) atoms. The number of anilines is 1. The Labute approximate surface area is 119 Å². The van der Waals surface area contributed by atoms with Crippen LogP contribution in [0.1, 0.15) is 42.6 Å². The van der Waals surface area contributed by atoms with Gasteiger partial charge in [0.1, 0.15) is 0 Å². The molecule has 1 saturated heterocycles. The molecule has 0 radical (unpaired) electrons. The molecule has 0 atom stereocenters. The third kappa shape index (κ3) is 2.49. The molecule has 5 nitrogen and oxygen atoms in total. The maximum absolute atomic E-state index is 11.0. The Balaban J connectivity index is 1.78. The molecule has 0 unspecified atom stereocenters. The molecular formula is C15H21N3O2. The summed E-state index contributed by atoms with van der Waals surface area (Å²) in [5.74, 6) is -0.0795. The molecule has 0 spiro atoms. The van der Waals surface area contributed by atoms with E-state index in [2.05, 4.69) is 16.8 Å². The summed E-state index contributed by atoms with van der Waals surface area (Å²) in [5.41, 5.74) is 3.64. The average molecular weight is 275 g/mol. The number of aliphatic carboxylic acids is 1. The van der Waals surface area contributed by atoms with E-state index in [1.807, 2.05) is 0 Å². The molecule has 1 aromatic heterocycles. The van der Waals surface area contributed by atoms with Gasteiger partial charge in [-0.15, -0.1) is 0 Å². The lowest BCUT2D eigenvalue weighted by Crippen LogP contribution is -2.37. The van der Waals surface area contributed by atoms with Crippen molar-refractivity contribution in [2.24, 2.45) is 5.92 Å².